The molecule has 4 nitrogen and oxygen atoms in total. The summed E-state index contributed by atoms with van der Waals surface area (Å²) in [5.74, 6) is 0.359. The van der Waals surface area contributed by atoms with Crippen molar-refractivity contribution in [1.82, 2.24) is 5.32 Å². The minimum atomic E-state index is -0.157. The Labute approximate surface area is 119 Å². The number of hydrogen-bond donors (Lipinski definition) is 2. The highest BCUT2D eigenvalue weighted by atomic mass is 35.5. The summed E-state index contributed by atoms with van der Waals surface area (Å²) in [5, 5.41) is 3.16. The normalized spacial score (nSPS) is 12.0. The van der Waals surface area contributed by atoms with Gasteiger partial charge in [0.1, 0.15) is 5.75 Å². The smallest absolute Gasteiger partial charge is 0.257 e. The van der Waals surface area contributed by atoms with E-state index in [1.807, 2.05) is 19.1 Å². The average molecular weight is 285 g/mol. The van der Waals surface area contributed by atoms with E-state index in [-0.39, 0.29) is 18.6 Å². The molecule has 1 unspecified atom stereocenters. The van der Waals surface area contributed by atoms with Crippen molar-refractivity contribution < 1.29 is 9.53 Å². The maximum atomic E-state index is 11.3. The Bertz CT molecular complexity index is 424. The van der Waals surface area contributed by atoms with Gasteiger partial charge in [0.05, 0.1) is 5.02 Å². The van der Waals surface area contributed by atoms with E-state index in [0.717, 1.165) is 18.4 Å². The molecule has 1 rings (SSSR count). The Morgan fingerprint density at radius 2 is 2.21 bits per heavy atom. The summed E-state index contributed by atoms with van der Waals surface area (Å²) in [4.78, 5) is 11.3. The number of carbonyl (C=O) groups excluding carboxylic acids is 1. The van der Waals surface area contributed by atoms with Crippen molar-refractivity contribution in [2.45, 2.75) is 32.7 Å². The number of rotatable bonds is 7. The molecule has 0 saturated carbocycles. The number of likely N-dealkylation sites (N-methyl/N-ethyl adjacent to an activating group) is 1. The fraction of sp³-hybridized carbons (Fsp3) is 0.500. The summed E-state index contributed by atoms with van der Waals surface area (Å²) >= 11 is 6.12. The standard InChI is InChI=1S/C14H21ClN2O2/c1-3-11(16)7-10-5-6-13(12(15)8-10)19-9-14(18)17-4-2/h5-6,8,11H,3-4,7,9,16H2,1-2H3,(H,17,18). The van der Waals surface area contributed by atoms with Gasteiger partial charge in [0.2, 0.25) is 0 Å². The zero-order chi connectivity index (χ0) is 14.3. The molecule has 0 spiro atoms. The summed E-state index contributed by atoms with van der Waals surface area (Å²) in [6.45, 7) is 4.47. The van der Waals surface area contributed by atoms with Gasteiger partial charge in [-0.3, -0.25) is 4.79 Å². The molecule has 1 amide bonds. The molecule has 3 N–H and O–H groups in total. The van der Waals surface area contributed by atoms with E-state index < -0.39 is 0 Å². The highest BCUT2D eigenvalue weighted by molar-refractivity contribution is 6.32. The monoisotopic (exact) mass is 284 g/mol. The molecule has 0 aliphatic carbocycles. The first-order valence-corrected chi connectivity index (χ1v) is 6.88. The van der Waals surface area contributed by atoms with Gasteiger partial charge in [-0.25, -0.2) is 0 Å². The van der Waals surface area contributed by atoms with Crippen LogP contribution in [0.15, 0.2) is 18.2 Å². The lowest BCUT2D eigenvalue weighted by Crippen LogP contribution is -2.28. The second kappa shape index (κ2) is 8.02. The van der Waals surface area contributed by atoms with Crippen molar-refractivity contribution >= 4 is 17.5 Å². The van der Waals surface area contributed by atoms with Crippen LogP contribution < -0.4 is 15.8 Å². The molecule has 1 atom stereocenters. The van der Waals surface area contributed by atoms with Gasteiger partial charge in [-0.1, -0.05) is 24.6 Å². The minimum absolute atomic E-state index is 0.0264. The van der Waals surface area contributed by atoms with Crippen molar-refractivity contribution in [2.75, 3.05) is 13.2 Å². The van der Waals surface area contributed by atoms with E-state index in [1.54, 1.807) is 6.07 Å². The molecule has 0 aliphatic heterocycles. The molecule has 5 heteroatoms. The van der Waals surface area contributed by atoms with Crippen molar-refractivity contribution in [2.24, 2.45) is 5.73 Å². The van der Waals surface area contributed by atoms with Gasteiger partial charge in [0.15, 0.2) is 6.61 Å². The molecular formula is C14H21ClN2O2. The van der Waals surface area contributed by atoms with Crippen molar-refractivity contribution in [3.8, 4) is 5.75 Å². The van der Waals surface area contributed by atoms with Crippen LogP contribution in [0, 0.1) is 0 Å². The molecule has 0 bridgehead atoms. The molecule has 0 saturated heterocycles. The Morgan fingerprint density at radius 1 is 1.47 bits per heavy atom. The van der Waals surface area contributed by atoms with Crippen LogP contribution in [0.1, 0.15) is 25.8 Å². The van der Waals surface area contributed by atoms with Crippen molar-refractivity contribution in [3.63, 3.8) is 0 Å². The zero-order valence-corrected chi connectivity index (χ0v) is 12.2. The van der Waals surface area contributed by atoms with Gasteiger partial charge in [-0.15, -0.1) is 0 Å². The van der Waals surface area contributed by atoms with E-state index >= 15 is 0 Å². The number of nitrogens with two attached hydrogens (primary N) is 1. The molecule has 0 radical (unpaired) electrons. The number of amides is 1. The number of ether oxygens (including phenoxy) is 1. The number of hydrogen-bond acceptors (Lipinski definition) is 3. The molecule has 19 heavy (non-hydrogen) atoms. The first kappa shape index (κ1) is 15.8. The Hall–Kier alpha value is -1.26. The lowest BCUT2D eigenvalue weighted by Gasteiger charge is -2.11. The third-order valence-corrected chi connectivity index (χ3v) is 3.05. The van der Waals surface area contributed by atoms with E-state index in [1.165, 1.54) is 0 Å². The Morgan fingerprint density at radius 3 is 2.79 bits per heavy atom. The van der Waals surface area contributed by atoms with Crippen molar-refractivity contribution in [3.05, 3.63) is 28.8 Å². The maximum Gasteiger partial charge on any atom is 0.257 e. The van der Waals surface area contributed by atoms with E-state index in [4.69, 9.17) is 22.1 Å². The number of nitrogens with one attached hydrogen (secondary N) is 1. The summed E-state index contributed by atoms with van der Waals surface area (Å²) in [7, 11) is 0. The van der Waals surface area contributed by atoms with Gasteiger partial charge in [0, 0.05) is 12.6 Å². The van der Waals surface area contributed by atoms with E-state index in [0.29, 0.717) is 17.3 Å². The van der Waals surface area contributed by atoms with Gasteiger partial charge >= 0.3 is 0 Å². The van der Waals surface area contributed by atoms with Gasteiger partial charge < -0.3 is 15.8 Å². The quantitative estimate of drug-likeness (QED) is 0.806. The summed E-state index contributed by atoms with van der Waals surface area (Å²) in [6.07, 6.45) is 1.71. The largest absolute Gasteiger partial charge is 0.482 e. The Kier molecular flexibility index (Phi) is 6.67. The maximum absolute atomic E-state index is 11.3. The van der Waals surface area contributed by atoms with Crippen LogP contribution in [0.25, 0.3) is 0 Å². The van der Waals surface area contributed by atoms with Crippen LogP contribution in [0.4, 0.5) is 0 Å². The molecular weight excluding hydrogens is 264 g/mol. The molecule has 0 fully saturated rings. The summed E-state index contributed by atoms with van der Waals surface area (Å²) in [5.41, 5.74) is 6.97. The van der Waals surface area contributed by atoms with Crippen LogP contribution >= 0.6 is 11.6 Å². The lowest BCUT2D eigenvalue weighted by molar-refractivity contribution is -0.122. The summed E-state index contributed by atoms with van der Waals surface area (Å²) in [6, 6.07) is 5.68. The number of halogens is 1. The van der Waals surface area contributed by atoms with Crippen LogP contribution in [0.3, 0.4) is 0 Å². The Balaban J connectivity index is 2.59. The number of benzene rings is 1. The minimum Gasteiger partial charge on any atom is -0.482 e. The number of carbonyl (C=O) groups is 1. The second-order valence-corrected chi connectivity index (χ2v) is 4.79. The SMILES string of the molecule is CCNC(=O)COc1ccc(CC(N)CC)cc1Cl. The van der Waals surface area contributed by atoms with Crippen LogP contribution in [0.5, 0.6) is 5.75 Å². The molecule has 1 aromatic rings. The molecule has 0 heterocycles. The third-order valence-electron chi connectivity index (χ3n) is 2.75. The van der Waals surface area contributed by atoms with Gasteiger partial charge in [-0.2, -0.15) is 0 Å². The van der Waals surface area contributed by atoms with Gasteiger partial charge in [0.25, 0.3) is 5.91 Å². The molecule has 0 aromatic heterocycles. The molecule has 1 aromatic carbocycles. The van der Waals surface area contributed by atoms with E-state index in [2.05, 4.69) is 12.2 Å². The summed E-state index contributed by atoms with van der Waals surface area (Å²) < 4.78 is 5.36. The first-order chi connectivity index (χ1) is 9.06. The third kappa shape index (κ3) is 5.49. The lowest BCUT2D eigenvalue weighted by atomic mass is 10.0. The first-order valence-electron chi connectivity index (χ1n) is 6.50. The fourth-order valence-electron chi connectivity index (χ4n) is 1.63. The average Bonchev–Trinajstić information content (AvgIpc) is 2.38. The molecule has 0 aliphatic rings. The molecule has 106 valence electrons. The van der Waals surface area contributed by atoms with Crippen molar-refractivity contribution in [1.29, 1.82) is 0 Å². The predicted octanol–water partition coefficient (Wildman–Crippen LogP) is 2.13. The van der Waals surface area contributed by atoms with Crippen LogP contribution in [0.2, 0.25) is 5.02 Å². The van der Waals surface area contributed by atoms with Crippen LogP contribution in [-0.2, 0) is 11.2 Å². The van der Waals surface area contributed by atoms with Crippen LogP contribution in [-0.4, -0.2) is 25.1 Å². The zero-order valence-electron chi connectivity index (χ0n) is 11.4. The predicted molar refractivity (Wildman–Crippen MR) is 77.6 cm³/mol. The van der Waals surface area contributed by atoms with E-state index in [9.17, 15) is 4.79 Å². The highest BCUT2D eigenvalue weighted by Gasteiger charge is 2.08. The second-order valence-electron chi connectivity index (χ2n) is 4.38. The van der Waals surface area contributed by atoms with Gasteiger partial charge in [-0.05, 0) is 37.5 Å². The topological polar surface area (TPSA) is 64.3 Å². The fourth-order valence-corrected chi connectivity index (χ4v) is 1.88. The highest BCUT2D eigenvalue weighted by Crippen LogP contribution is 2.26.